The third-order valence-electron chi connectivity index (χ3n) is 1.32. The minimum atomic E-state index is -0.0353. The van der Waals surface area contributed by atoms with Gasteiger partial charge in [0.1, 0.15) is 0 Å². The van der Waals surface area contributed by atoms with Crippen LogP contribution in [0, 0.1) is 0 Å². The molecule has 1 saturated heterocycles. The first-order chi connectivity index (χ1) is 4.29. The van der Waals surface area contributed by atoms with Crippen molar-refractivity contribution in [1.82, 2.24) is 0 Å². The summed E-state index contributed by atoms with van der Waals surface area (Å²) in [6.45, 7) is 0. The molecule has 52 valence electrons. The van der Waals surface area contributed by atoms with Gasteiger partial charge in [0.25, 0.3) is 0 Å². The molecular formula is C6H9IO2. The molecule has 1 heterocycles. The molecule has 0 aliphatic carbocycles. The fourth-order valence-electron chi connectivity index (χ4n) is 0.835. The number of carbonyl (C=O) groups excluding carboxylic acids is 1. The van der Waals surface area contributed by atoms with E-state index in [1.165, 1.54) is 0 Å². The molecule has 0 bridgehead atoms. The van der Waals surface area contributed by atoms with E-state index in [1.807, 2.05) is 0 Å². The third-order valence-corrected chi connectivity index (χ3v) is 2.20. The topological polar surface area (TPSA) is 26.3 Å². The van der Waals surface area contributed by atoms with Gasteiger partial charge in [0.2, 0.25) is 0 Å². The predicted octanol–water partition coefficient (Wildman–Crippen LogP) is 1.86. The lowest BCUT2D eigenvalue weighted by Gasteiger charge is -2.04. The number of ether oxygens (including phenoxy) is 1. The van der Waals surface area contributed by atoms with E-state index in [0.717, 1.165) is 19.3 Å². The molecule has 1 aliphatic heterocycles. The van der Waals surface area contributed by atoms with E-state index in [9.17, 15) is 4.79 Å². The fourth-order valence-corrected chi connectivity index (χ4v) is 1.56. The van der Waals surface area contributed by atoms with Crippen LogP contribution in [0.4, 0.5) is 0 Å². The van der Waals surface area contributed by atoms with Gasteiger partial charge in [-0.3, -0.25) is 4.79 Å². The molecule has 1 fully saturated rings. The van der Waals surface area contributed by atoms with E-state index in [0.29, 0.717) is 6.42 Å². The van der Waals surface area contributed by atoms with Crippen LogP contribution in [-0.4, -0.2) is 10.1 Å². The highest BCUT2D eigenvalue weighted by atomic mass is 127. The Morgan fingerprint density at radius 3 is 3.11 bits per heavy atom. The van der Waals surface area contributed by atoms with Crippen molar-refractivity contribution in [2.75, 3.05) is 0 Å². The molecule has 0 aromatic heterocycles. The molecular weight excluding hydrogens is 231 g/mol. The molecule has 0 saturated carbocycles. The maximum Gasteiger partial charge on any atom is 0.306 e. The van der Waals surface area contributed by atoms with E-state index in [4.69, 9.17) is 4.74 Å². The van der Waals surface area contributed by atoms with Crippen molar-refractivity contribution in [3.05, 3.63) is 0 Å². The van der Waals surface area contributed by atoms with Crippen molar-refractivity contribution in [1.29, 1.82) is 0 Å². The number of halogens is 1. The Balaban J connectivity index is 2.37. The van der Waals surface area contributed by atoms with E-state index in [-0.39, 0.29) is 10.1 Å². The second kappa shape index (κ2) is 3.39. The summed E-state index contributed by atoms with van der Waals surface area (Å²) in [5.74, 6) is -0.0353. The molecule has 0 amide bonds. The van der Waals surface area contributed by atoms with Crippen LogP contribution in [0.3, 0.4) is 0 Å². The molecule has 9 heavy (non-hydrogen) atoms. The normalized spacial score (nSPS) is 29.0. The van der Waals surface area contributed by atoms with Gasteiger partial charge < -0.3 is 4.74 Å². The largest absolute Gasteiger partial charge is 0.452 e. The molecule has 1 atom stereocenters. The molecule has 0 aromatic carbocycles. The minimum Gasteiger partial charge on any atom is -0.452 e. The Morgan fingerprint density at radius 1 is 1.56 bits per heavy atom. The van der Waals surface area contributed by atoms with Gasteiger partial charge in [-0.2, -0.15) is 0 Å². The van der Waals surface area contributed by atoms with Gasteiger partial charge >= 0.3 is 5.97 Å². The zero-order valence-electron chi connectivity index (χ0n) is 5.10. The molecule has 2 nitrogen and oxygen atoms in total. The fraction of sp³-hybridized carbons (Fsp3) is 0.833. The van der Waals surface area contributed by atoms with Gasteiger partial charge in [-0.25, -0.2) is 0 Å². The van der Waals surface area contributed by atoms with E-state index >= 15 is 0 Å². The maximum atomic E-state index is 10.7. The van der Waals surface area contributed by atoms with Crippen LogP contribution in [0.15, 0.2) is 0 Å². The standard InChI is InChI=1S/C6H9IO2/c7-5-3-1-2-4-6(8)9-5/h5H,1-4H2. The summed E-state index contributed by atoms with van der Waals surface area (Å²) in [6, 6.07) is 0. The van der Waals surface area contributed by atoms with E-state index in [1.54, 1.807) is 0 Å². The van der Waals surface area contributed by atoms with Crippen LogP contribution in [0.2, 0.25) is 0 Å². The third kappa shape index (κ3) is 2.51. The van der Waals surface area contributed by atoms with Crippen molar-refractivity contribution in [2.45, 2.75) is 29.8 Å². The minimum absolute atomic E-state index is 0.0353. The lowest BCUT2D eigenvalue weighted by molar-refractivity contribution is -0.143. The number of hydrogen-bond donors (Lipinski definition) is 0. The summed E-state index contributed by atoms with van der Waals surface area (Å²) in [7, 11) is 0. The molecule has 1 unspecified atom stereocenters. The quantitative estimate of drug-likeness (QED) is 0.367. The van der Waals surface area contributed by atoms with Crippen LogP contribution in [-0.2, 0) is 9.53 Å². The summed E-state index contributed by atoms with van der Waals surface area (Å²) < 4.78 is 5.08. The lowest BCUT2D eigenvalue weighted by atomic mass is 10.2. The van der Waals surface area contributed by atoms with Crippen LogP contribution >= 0.6 is 22.6 Å². The highest BCUT2D eigenvalue weighted by Gasteiger charge is 2.14. The molecule has 0 aromatic rings. The first-order valence-corrected chi connectivity index (χ1v) is 4.37. The number of alkyl halides is 1. The lowest BCUT2D eigenvalue weighted by Crippen LogP contribution is -2.07. The monoisotopic (exact) mass is 240 g/mol. The van der Waals surface area contributed by atoms with Crippen molar-refractivity contribution in [2.24, 2.45) is 0 Å². The smallest absolute Gasteiger partial charge is 0.306 e. The number of cyclic esters (lactones) is 1. The highest BCUT2D eigenvalue weighted by molar-refractivity contribution is 14.1. The van der Waals surface area contributed by atoms with Crippen LogP contribution < -0.4 is 0 Å². The predicted molar refractivity (Wildman–Crippen MR) is 42.4 cm³/mol. The second-order valence-electron chi connectivity index (χ2n) is 2.15. The Bertz CT molecular complexity index is 114. The SMILES string of the molecule is O=C1CCCCC(I)O1. The average Bonchev–Trinajstić information content (AvgIpc) is 1.93. The van der Waals surface area contributed by atoms with Gasteiger partial charge in [-0.1, -0.05) is 0 Å². The Morgan fingerprint density at radius 2 is 2.33 bits per heavy atom. The van der Waals surface area contributed by atoms with Crippen LogP contribution in [0.5, 0.6) is 0 Å². The van der Waals surface area contributed by atoms with Crippen molar-refractivity contribution in [3.63, 3.8) is 0 Å². The molecule has 1 aliphatic rings. The number of rotatable bonds is 0. The molecule has 1 rings (SSSR count). The first-order valence-electron chi connectivity index (χ1n) is 3.12. The molecule has 0 spiro atoms. The Hall–Kier alpha value is 0.200. The van der Waals surface area contributed by atoms with E-state index in [2.05, 4.69) is 22.6 Å². The summed E-state index contributed by atoms with van der Waals surface area (Å²) in [5, 5.41) is 0. The molecule has 3 heteroatoms. The van der Waals surface area contributed by atoms with Gasteiger partial charge in [0, 0.05) is 6.42 Å². The maximum absolute atomic E-state index is 10.7. The first kappa shape index (κ1) is 7.31. The van der Waals surface area contributed by atoms with E-state index < -0.39 is 0 Å². The van der Waals surface area contributed by atoms with Crippen molar-refractivity contribution >= 4 is 28.6 Å². The van der Waals surface area contributed by atoms with Crippen molar-refractivity contribution < 1.29 is 9.53 Å². The Kier molecular flexibility index (Phi) is 2.75. The van der Waals surface area contributed by atoms with Crippen LogP contribution in [0.1, 0.15) is 25.7 Å². The Labute approximate surface area is 68.1 Å². The second-order valence-corrected chi connectivity index (χ2v) is 3.54. The number of esters is 1. The van der Waals surface area contributed by atoms with Gasteiger partial charge in [-0.15, -0.1) is 0 Å². The van der Waals surface area contributed by atoms with Crippen molar-refractivity contribution in [3.8, 4) is 0 Å². The van der Waals surface area contributed by atoms with Gasteiger partial charge in [0.05, 0.1) is 0 Å². The zero-order chi connectivity index (χ0) is 6.69. The summed E-state index contributed by atoms with van der Waals surface area (Å²) in [5.41, 5.74) is 0. The summed E-state index contributed by atoms with van der Waals surface area (Å²) in [6.07, 6.45) is 3.75. The number of hydrogen-bond acceptors (Lipinski definition) is 2. The highest BCUT2D eigenvalue weighted by Crippen LogP contribution is 2.18. The summed E-state index contributed by atoms with van der Waals surface area (Å²) >= 11 is 2.15. The van der Waals surface area contributed by atoms with Gasteiger partial charge in [-0.05, 0) is 41.9 Å². The van der Waals surface area contributed by atoms with Crippen LogP contribution in [0.25, 0.3) is 0 Å². The summed E-state index contributed by atoms with van der Waals surface area (Å²) in [4.78, 5) is 10.7. The average molecular weight is 240 g/mol. The number of carbonyl (C=O) groups is 1. The molecule has 0 radical (unpaired) electrons. The zero-order valence-corrected chi connectivity index (χ0v) is 7.26. The molecule has 0 N–H and O–H groups in total. The van der Waals surface area contributed by atoms with Gasteiger partial charge in [0.15, 0.2) is 4.11 Å².